The molecule has 20 heavy (non-hydrogen) atoms. The quantitative estimate of drug-likeness (QED) is 0.919. The van der Waals surface area contributed by atoms with Crippen LogP contribution in [0.1, 0.15) is 35.7 Å². The molecule has 0 aliphatic heterocycles. The third-order valence-electron chi connectivity index (χ3n) is 3.42. The molecule has 5 heteroatoms. The molecule has 1 aromatic heterocycles. The number of hydrogen-bond donors (Lipinski definition) is 1. The van der Waals surface area contributed by atoms with Gasteiger partial charge in [-0.15, -0.1) is 0 Å². The Morgan fingerprint density at radius 2 is 2.05 bits per heavy atom. The first kappa shape index (κ1) is 12.3. The Balaban J connectivity index is 1.74. The predicted molar refractivity (Wildman–Crippen MR) is 73.7 cm³/mol. The molecule has 1 N–H and O–H groups in total. The van der Waals surface area contributed by atoms with E-state index in [1.54, 1.807) is 12.1 Å². The standard InChI is InChI=1S/C15H13N5/c16-6-11-1-2-13(5-12(11)7-17)19-9-15-8-18-10-20(15)14-3-4-14/h1-2,5,8,10,14,19H,3-4,9H2. The second-order valence-corrected chi connectivity index (χ2v) is 4.86. The molecular formula is C15H13N5. The minimum Gasteiger partial charge on any atom is -0.379 e. The lowest BCUT2D eigenvalue weighted by atomic mass is 10.1. The maximum absolute atomic E-state index is 9.01. The third kappa shape index (κ3) is 2.34. The van der Waals surface area contributed by atoms with E-state index in [-0.39, 0.29) is 0 Å². The zero-order valence-electron chi connectivity index (χ0n) is 10.9. The average molecular weight is 263 g/mol. The summed E-state index contributed by atoms with van der Waals surface area (Å²) in [5, 5.41) is 21.2. The summed E-state index contributed by atoms with van der Waals surface area (Å²) in [4.78, 5) is 4.18. The number of nitrogens with zero attached hydrogens (tertiary/aromatic N) is 4. The van der Waals surface area contributed by atoms with E-state index < -0.39 is 0 Å². The van der Waals surface area contributed by atoms with Gasteiger partial charge < -0.3 is 9.88 Å². The molecule has 0 amide bonds. The molecule has 1 fully saturated rings. The summed E-state index contributed by atoms with van der Waals surface area (Å²) in [5.41, 5.74) is 2.77. The molecule has 0 bridgehead atoms. The van der Waals surface area contributed by atoms with Crippen LogP contribution >= 0.6 is 0 Å². The van der Waals surface area contributed by atoms with Crippen molar-refractivity contribution in [3.05, 3.63) is 47.5 Å². The number of anilines is 1. The van der Waals surface area contributed by atoms with E-state index in [9.17, 15) is 0 Å². The fourth-order valence-corrected chi connectivity index (χ4v) is 2.19. The van der Waals surface area contributed by atoms with Crippen LogP contribution in [0.15, 0.2) is 30.7 Å². The smallest absolute Gasteiger partial charge is 0.101 e. The summed E-state index contributed by atoms with van der Waals surface area (Å²) in [7, 11) is 0. The lowest BCUT2D eigenvalue weighted by Crippen LogP contribution is -2.06. The normalized spacial score (nSPS) is 13.5. The number of hydrogen-bond acceptors (Lipinski definition) is 4. The second-order valence-electron chi connectivity index (χ2n) is 4.86. The van der Waals surface area contributed by atoms with E-state index in [1.807, 2.05) is 30.7 Å². The van der Waals surface area contributed by atoms with Gasteiger partial charge in [0, 0.05) is 17.9 Å². The van der Waals surface area contributed by atoms with Crippen LogP contribution in [0.25, 0.3) is 0 Å². The SMILES string of the molecule is N#Cc1ccc(NCc2cncn2C2CC2)cc1C#N. The summed E-state index contributed by atoms with van der Waals surface area (Å²) in [5.74, 6) is 0. The molecule has 1 aliphatic carbocycles. The molecule has 0 atom stereocenters. The molecule has 0 radical (unpaired) electrons. The second kappa shape index (κ2) is 5.07. The third-order valence-corrected chi connectivity index (χ3v) is 3.42. The maximum atomic E-state index is 9.01. The van der Waals surface area contributed by atoms with Crippen molar-refractivity contribution in [2.24, 2.45) is 0 Å². The zero-order valence-corrected chi connectivity index (χ0v) is 10.9. The van der Waals surface area contributed by atoms with Crippen LogP contribution in [0.2, 0.25) is 0 Å². The minimum absolute atomic E-state index is 0.396. The molecule has 1 aliphatic rings. The van der Waals surface area contributed by atoms with Gasteiger partial charge in [-0.05, 0) is 31.0 Å². The van der Waals surface area contributed by atoms with Gasteiger partial charge in [0.2, 0.25) is 0 Å². The Bertz CT molecular complexity index is 713. The number of benzene rings is 1. The van der Waals surface area contributed by atoms with Crippen molar-refractivity contribution in [1.29, 1.82) is 10.5 Å². The highest BCUT2D eigenvalue weighted by Crippen LogP contribution is 2.35. The van der Waals surface area contributed by atoms with Gasteiger partial charge in [0.15, 0.2) is 0 Å². The van der Waals surface area contributed by atoms with E-state index in [1.165, 1.54) is 12.8 Å². The van der Waals surface area contributed by atoms with Crippen LogP contribution in [0.3, 0.4) is 0 Å². The fourth-order valence-electron chi connectivity index (χ4n) is 2.19. The molecular weight excluding hydrogens is 250 g/mol. The predicted octanol–water partition coefficient (Wildman–Crippen LogP) is 2.57. The Kier molecular flexibility index (Phi) is 3.10. The molecule has 0 spiro atoms. The van der Waals surface area contributed by atoms with Crippen molar-refractivity contribution in [3.8, 4) is 12.1 Å². The Hall–Kier alpha value is -2.79. The molecule has 5 nitrogen and oxygen atoms in total. The highest BCUT2D eigenvalue weighted by atomic mass is 15.1. The summed E-state index contributed by atoms with van der Waals surface area (Å²) in [6.07, 6.45) is 6.17. The lowest BCUT2D eigenvalue weighted by Gasteiger charge is -2.09. The average Bonchev–Trinajstić information content (AvgIpc) is 3.23. The fraction of sp³-hybridized carbons (Fsp3) is 0.267. The Labute approximate surface area is 117 Å². The first-order valence-corrected chi connectivity index (χ1v) is 6.50. The molecule has 1 saturated carbocycles. The van der Waals surface area contributed by atoms with Crippen molar-refractivity contribution in [3.63, 3.8) is 0 Å². The van der Waals surface area contributed by atoms with Gasteiger partial charge in [-0.1, -0.05) is 0 Å². The van der Waals surface area contributed by atoms with Crippen molar-refractivity contribution in [2.45, 2.75) is 25.4 Å². The Morgan fingerprint density at radius 3 is 2.75 bits per heavy atom. The Morgan fingerprint density at radius 1 is 1.25 bits per heavy atom. The van der Waals surface area contributed by atoms with Crippen LogP contribution in [-0.4, -0.2) is 9.55 Å². The van der Waals surface area contributed by atoms with Gasteiger partial charge in [0.1, 0.15) is 12.1 Å². The monoisotopic (exact) mass is 263 g/mol. The molecule has 1 aromatic carbocycles. The van der Waals surface area contributed by atoms with Gasteiger partial charge in [0.05, 0.1) is 29.7 Å². The van der Waals surface area contributed by atoms with E-state index in [2.05, 4.69) is 14.9 Å². The number of nitriles is 2. The van der Waals surface area contributed by atoms with Crippen molar-refractivity contribution in [1.82, 2.24) is 9.55 Å². The highest BCUT2D eigenvalue weighted by molar-refractivity contribution is 5.56. The lowest BCUT2D eigenvalue weighted by molar-refractivity contribution is 0.701. The number of imidazole rings is 1. The van der Waals surface area contributed by atoms with Gasteiger partial charge >= 0.3 is 0 Å². The molecule has 0 saturated heterocycles. The first-order valence-electron chi connectivity index (χ1n) is 6.50. The zero-order chi connectivity index (χ0) is 13.9. The largest absolute Gasteiger partial charge is 0.379 e. The van der Waals surface area contributed by atoms with Crippen LogP contribution in [0.5, 0.6) is 0 Å². The maximum Gasteiger partial charge on any atom is 0.101 e. The van der Waals surface area contributed by atoms with E-state index in [4.69, 9.17) is 10.5 Å². The first-order chi connectivity index (χ1) is 9.81. The number of aromatic nitrogens is 2. The van der Waals surface area contributed by atoms with Crippen molar-refractivity contribution >= 4 is 5.69 Å². The van der Waals surface area contributed by atoms with Crippen molar-refractivity contribution < 1.29 is 0 Å². The van der Waals surface area contributed by atoms with Crippen molar-refractivity contribution in [2.75, 3.05) is 5.32 Å². The number of rotatable bonds is 4. The number of nitrogens with one attached hydrogen (secondary N) is 1. The summed E-state index contributed by atoms with van der Waals surface area (Å²) >= 11 is 0. The van der Waals surface area contributed by atoms with E-state index in [0.29, 0.717) is 23.7 Å². The van der Waals surface area contributed by atoms with Crippen LogP contribution in [0, 0.1) is 22.7 Å². The highest BCUT2D eigenvalue weighted by Gasteiger charge is 2.24. The van der Waals surface area contributed by atoms with E-state index >= 15 is 0 Å². The molecule has 3 rings (SSSR count). The summed E-state index contributed by atoms with van der Waals surface area (Å²) < 4.78 is 2.20. The molecule has 98 valence electrons. The van der Waals surface area contributed by atoms with Gasteiger partial charge in [-0.25, -0.2) is 4.98 Å². The molecule has 0 unspecified atom stereocenters. The van der Waals surface area contributed by atoms with Crippen LogP contribution in [-0.2, 0) is 6.54 Å². The van der Waals surface area contributed by atoms with Gasteiger partial charge in [0.25, 0.3) is 0 Å². The molecule has 1 heterocycles. The van der Waals surface area contributed by atoms with E-state index in [0.717, 1.165) is 11.4 Å². The summed E-state index contributed by atoms with van der Waals surface area (Å²) in [6.45, 7) is 0.660. The molecule has 2 aromatic rings. The van der Waals surface area contributed by atoms with Crippen LogP contribution < -0.4 is 5.32 Å². The summed E-state index contributed by atoms with van der Waals surface area (Å²) in [6, 6.07) is 9.84. The topological polar surface area (TPSA) is 77.4 Å². The van der Waals surface area contributed by atoms with Gasteiger partial charge in [-0.2, -0.15) is 10.5 Å². The minimum atomic E-state index is 0.396. The van der Waals surface area contributed by atoms with Gasteiger partial charge in [-0.3, -0.25) is 0 Å². The van der Waals surface area contributed by atoms with Crippen LogP contribution in [0.4, 0.5) is 5.69 Å².